The highest BCUT2D eigenvalue weighted by Crippen LogP contribution is 2.34. The lowest BCUT2D eigenvalue weighted by atomic mass is 10.1. The smallest absolute Gasteiger partial charge is 0.246 e. The molecule has 9 nitrogen and oxygen atoms in total. The zero-order valence-electron chi connectivity index (χ0n) is 21.9. The second kappa shape index (κ2) is 11.4. The van der Waals surface area contributed by atoms with Gasteiger partial charge in [0.25, 0.3) is 0 Å². The number of benzene rings is 1. The van der Waals surface area contributed by atoms with Gasteiger partial charge in [-0.3, -0.25) is 4.79 Å². The van der Waals surface area contributed by atoms with Crippen molar-refractivity contribution in [3.05, 3.63) is 53.3 Å². The highest BCUT2D eigenvalue weighted by Gasteiger charge is 2.25. The van der Waals surface area contributed by atoms with Crippen LogP contribution in [0.3, 0.4) is 0 Å². The molecule has 1 N–H and O–H groups in total. The summed E-state index contributed by atoms with van der Waals surface area (Å²) in [5, 5.41) is 10.5. The summed E-state index contributed by atoms with van der Waals surface area (Å²) in [7, 11) is 1.97. The highest BCUT2D eigenvalue weighted by molar-refractivity contribution is 7.14. The molecule has 1 aromatic carbocycles. The largest absolute Gasteiger partial charge is 0.367 e. The molecule has 1 aliphatic rings. The van der Waals surface area contributed by atoms with E-state index in [1.54, 1.807) is 12.1 Å². The van der Waals surface area contributed by atoms with Gasteiger partial charge >= 0.3 is 0 Å². The van der Waals surface area contributed by atoms with Crippen LogP contribution >= 0.6 is 11.3 Å². The Morgan fingerprint density at radius 3 is 2.79 bits per heavy atom. The van der Waals surface area contributed by atoms with Crippen LogP contribution in [0.15, 0.2) is 41.8 Å². The number of anilines is 3. The molecule has 1 fully saturated rings. The number of nitrogens with one attached hydrogen (secondary N) is 1. The minimum absolute atomic E-state index is 0.0276. The van der Waals surface area contributed by atoms with Crippen molar-refractivity contribution >= 4 is 39.7 Å². The Kier molecular flexibility index (Phi) is 7.85. The molecular weight excluding hydrogens is 505 g/mol. The number of halogens is 1. The summed E-state index contributed by atoms with van der Waals surface area (Å²) in [4.78, 5) is 25.7. The number of rotatable bonds is 9. The minimum atomic E-state index is -0.268. The molecule has 0 aliphatic carbocycles. The van der Waals surface area contributed by atoms with Crippen molar-refractivity contribution in [2.75, 3.05) is 43.1 Å². The van der Waals surface area contributed by atoms with Crippen molar-refractivity contribution in [2.24, 2.45) is 0 Å². The molecule has 1 amide bonds. The SMILES string of the molecule is CCNC(=O)COC1CCCN(c2ccc3nc(CC)c(N(C)c4nc(-c5ccc(F)cc5)cs4)n3n2)C1. The van der Waals surface area contributed by atoms with Crippen LogP contribution in [-0.2, 0) is 16.0 Å². The van der Waals surface area contributed by atoms with E-state index in [1.807, 2.05) is 40.9 Å². The van der Waals surface area contributed by atoms with Gasteiger partial charge < -0.3 is 19.9 Å². The van der Waals surface area contributed by atoms with Crippen LogP contribution in [0, 0.1) is 5.82 Å². The quantitative estimate of drug-likeness (QED) is 0.338. The van der Waals surface area contributed by atoms with Gasteiger partial charge in [0, 0.05) is 37.6 Å². The number of imidazole rings is 1. The van der Waals surface area contributed by atoms with E-state index in [0.29, 0.717) is 13.1 Å². The summed E-state index contributed by atoms with van der Waals surface area (Å²) in [5.74, 6) is 1.34. The first kappa shape index (κ1) is 26.1. The Morgan fingerprint density at radius 2 is 2.03 bits per heavy atom. The Hall–Kier alpha value is -3.57. The van der Waals surface area contributed by atoms with E-state index in [2.05, 4.69) is 17.1 Å². The molecule has 11 heteroatoms. The lowest BCUT2D eigenvalue weighted by Gasteiger charge is -2.33. The molecule has 1 saturated heterocycles. The predicted molar refractivity (Wildman–Crippen MR) is 148 cm³/mol. The van der Waals surface area contributed by atoms with Crippen LogP contribution in [0.1, 0.15) is 32.4 Å². The minimum Gasteiger partial charge on any atom is -0.367 e. The molecule has 5 rings (SSSR count). The Morgan fingerprint density at radius 1 is 1.21 bits per heavy atom. The van der Waals surface area contributed by atoms with Crippen molar-refractivity contribution in [2.45, 2.75) is 39.2 Å². The third-order valence-electron chi connectivity index (χ3n) is 6.61. The number of aromatic nitrogens is 4. The second-order valence-corrected chi connectivity index (χ2v) is 10.1. The van der Waals surface area contributed by atoms with E-state index in [9.17, 15) is 9.18 Å². The van der Waals surface area contributed by atoms with Crippen LogP contribution in [-0.4, -0.2) is 64.9 Å². The molecule has 1 aliphatic heterocycles. The molecule has 0 bridgehead atoms. The monoisotopic (exact) mass is 537 g/mol. The zero-order valence-corrected chi connectivity index (χ0v) is 22.7. The maximum Gasteiger partial charge on any atom is 0.246 e. The highest BCUT2D eigenvalue weighted by atomic mass is 32.1. The fourth-order valence-electron chi connectivity index (χ4n) is 4.69. The van der Waals surface area contributed by atoms with Gasteiger partial charge in [-0.15, -0.1) is 16.4 Å². The Balaban J connectivity index is 1.39. The van der Waals surface area contributed by atoms with E-state index in [-0.39, 0.29) is 24.4 Å². The third kappa shape index (κ3) is 5.48. The summed E-state index contributed by atoms with van der Waals surface area (Å²) in [6, 6.07) is 10.3. The predicted octanol–water partition coefficient (Wildman–Crippen LogP) is 4.44. The molecule has 1 unspecified atom stereocenters. The molecule has 3 aromatic heterocycles. The number of ether oxygens (including phenoxy) is 1. The summed E-state index contributed by atoms with van der Waals surface area (Å²) in [6.07, 6.45) is 2.59. The van der Waals surface area contributed by atoms with Crippen molar-refractivity contribution in [3.8, 4) is 11.3 Å². The van der Waals surface area contributed by atoms with Gasteiger partial charge in [-0.2, -0.15) is 4.52 Å². The van der Waals surface area contributed by atoms with E-state index in [0.717, 1.165) is 65.2 Å². The summed E-state index contributed by atoms with van der Waals surface area (Å²) >= 11 is 1.52. The number of piperidine rings is 1. The first-order chi connectivity index (χ1) is 18.5. The van der Waals surface area contributed by atoms with E-state index >= 15 is 0 Å². The first-order valence-electron chi connectivity index (χ1n) is 12.9. The summed E-state index contributed by atoms with van der Waals surface area (Å²) < 4.78 is 21.1. The average Bonchev–Trinajstić information content (AvgIpc) is 3.57. The zero-order chi connectivity index (χ0) is 26.6. The molecule has 4 heterocycles. The number of aryl methyl sites for hydroxylation is 1. The van der Waals surface area contributed by atoms with E-state index < -0.39 is 0 Å². The first-order valence-corrected chi connectivity index (χ1v) is 13.8. The maximum absolute atomic E-state index is 13.4. The normalized spacial score (nSPS) is 15.7. The van der Waals surface area contributed by atoms with Crippen molar-refractivity contribution in [3.63, 3.8) is 0 Å². The number of amides is 1. The maximum atomic E-state index is 13.4. The van der Waals surface area contributed by atoms with Gasteiger partial charge in [-0.05, 0) is 62.6 Å². The molecule has 0 saturated carbocycles. The number of carbonyl (C=O) groups excluding carboxylic acids is 1. The number of carbonyl (C=O) groups is 1. The van der Waals surface area contributed by atoms with Crippen molar-refractivity contribution in [1.29, 1.82) is 0 Å². The lowest BCUT2D eigenvalue weighted by molar-refractivity contribution is -0.127. The van der Waals surface area contributed by atoms with Crippen LogP contribution in [0.4, 0.5) is 21.2 Å². The fraction of sp³-hybridized carbons (Fsp3) is 0.407. The molecule has 0 spiro atoms. The van der Waals surface area contributed by atoms with Gasteiger partial charge in [-0.25, -0.2) is 14.4 Å². The molecule has 4 aromatic rings. The summed E-state index contributed by atoms with van der Waals surface area (Å²) in [5.41, 5.74) is 3.36. The van der Waals surface area contributed by atoms with Crippen LogP contribution in [0.5, 0.6) is 0 Å². The Bertz CT molecular complexity index is 1400. The molecule has 38 heavy (non-hydrogen) atoms. The van der Waals surface area contributed by atoms with Gasteiger partial charge in [0.05, 0.1) is 17.5 Å². The van der Waals surface area contributed by atoms with Crippen LogP contribution in [0.2, 0.25) is 0 Å². The van der Waals surface area contributed by atoms with Crippen molar-refractivity contribution < 1.29 is 13.9 Å². The molecular formula is C27H32FN7O2S. The number of hydrogen-bond acceptors (Lipinski definition) is 8. The van der Waals surface area contributed by atoms with Crippen LogP contribution < -0.4 is 15.1 Å². The number of likely N-dealkylation sites (N-methyl/N-ethyl adjacent to an activating group) is 1. The number of fused-ring (bicyclic) bond motifs is 1. The Labute approximate surface area is 225 Å². The number of nitrogens with zero attached hydrogens (tertiary/aromatic N) is 6. The van der Waals surface area contributed by atoms with Gasteiger partial charge in [0.2, 0.25) is 5.91 Å². The molecule has 0 radical (unpaired) electrons. The molecule has 200 valence electrons. The summed E-state index contributed by atoms with van der Waals surface area (Å²) in [6.45, 7) is 6.18. The third-order valence-corrected chi connectivity index (χ3v) is 7.52. The van der Waals surface area contributed by atoms with Crippen molar-refractivity contribution in [1.82, 2.24) is 24.9 Å². The second-order valence-electron chi connectivity index (χ2n) is 9.25. The van der Waals surface area contributed by atoms with E-state index in [4.69, 9.17) is 19.8 Å². The average molecular weight is 538 g/mol. The molecule has 1 atom stereocenters. The van der Waals surface area contributed by atoms with Gasteiger partial charge in [-0.1, -0.05) is 6.92 Å². The van der Waals surface area contributed by atoms with E-state index in [1.165, 1.54) is 23.5 Å². The van der Waals surface area contributed by atoms with Gasteiger partial charge in [0.1, 0.15) is 18.2 Å². The number of hydrogen-bond donors (Lipinski definition) is 1. The lowest BCUT2D eigenvalue weighted by Crippen LogP contribution is -2.41. The number of thiazole rings is 1. The standard InChI is InChI=1S/C27H32FN7O2S/c1-4-21-26(33(3)27-31-22(17-38-27)18-8-10-19(28)11-9-18)35-23(30-21)12-13-24(32-35)34-14-6-7-20(15-34)37-16-25(36)29-5-2/h8-13,17,20H,4-7,14-16H2,1-3H3,(H,29,36). The topological polar surface area (TPSA) is 87.9 Å². The fourth-order valence-corrected chi connectivity index (χ4v) is 5.49. The van der Waals surface area contributed by atoms with Gasteiger partial charge in [0.15, 0.2) is 16.6 Å². The van der Waals surface area contributed by atoms with Crippen LogP contribution in [0.25, 0.3) is 16.9 Å².